The van der Waals surface area contributed by atoms with Gasteiger partial charge in [0.2, 0.25) is 0 Å². The van der Waals surface area contributed by atoms with Gasteiger partial charge in [0.15, 0.2) is 11.5 Å². The van der Waals surface area contributed by atoms with Crippen LogP contribution in [0.25, 0.3) is 10.9 Å². The van der Waals surface area contributed by atoms with E-state index in [0.717, 1.165) is 10.9 Å². The molecule has 90 valence electrons. The fourth-order valence-electron chi connectivity index (χ4n) is 1.64. The molecule has 1 aromatic carbocycles. The van der Waals surface area contributed by atoms with Gasteiger partial charge < -0.3 is 4.52 Å². The molecule has 3 aromatic rings. The number of anilines is 1. The van der Waals surface area contributed by atoms with Crippen molar-refractivity contribution in [3.63, 3.8) is 0 Å². The summed E-state index contributed by atoms with van der Waals surface area (Å²) in [5, 5.41) is 13.6. The van der Waals surface area contributed by atoms with Crippen LogP contribution in [0.5, 0.6) is 0 Å². The second-order valence-electron chi connectivity index (χ2n) is 3.72. The fourth-order valence-corrected chi connectivity index (χ4v) is 1.64. The van der Waals surface area contributed by atoms with Crippen LogP contribution < -0.4 is 5.32 Å². The summed E-state index contributed by atoms with van der Waals surface area (Å²) < 4.78 is 4.81. The summed E-state index contributed by atoms with van der Waals surface area (Å²) in [6, 6.07) is 7.42. The molecule has 0 fully saturated rings. The molecule has 7 heteroatoms. The number of amides is 1. The molecular weight excluding hydrogens is 234 g/mol. The van der Waals surface area contributed by atoms with E-state index in [1.807, 2.05) is 24.3 Å². The van der Waals surface area contributed by atoms with Gasteiger partial charge in [0, 0.05) is 5.39 Å². The minimum atomic E-state index is -0.392. The van der Waals surface area contributed by atoms with Crippen LogP contribution in [0.2, 0.25) is 0 Å². The summed E-state index contributed by atoms with van der Waals surface area (Å²) in [6.45, 7) is 1.67. The highest BCUT2D eigenvalue weighted by Gasteiger charge is 2.16. The quantitative estimate of drug-likeness (QED) is 0.711. The van der Waals surface area contributed by atoms with Crippen LogP contribution in [0.1, 0.15) is 16.3 Å². The van der Waals surface area contributed by atoms with Crippen molar-refractivity contribution in [3.8, 4) is 0 Å². The van der Waals surface area contributed by atoms with Gasteiger partial charge in [-0.05, 0) is 13.0 Å². The molecule has 2 heterocycles. The highest BCUT2D eigenvalue weighted by atomic mass is 16.5. The Morgan fingerprint density at radius 1 is 1.39 bits per heavy atom. The average Bonchev–Trinajstić information content (AvgIpc) is 2.95. The number of para-hydroxylation sites is 1. The number of carbonyl (C=O) groups excluding carboxylic acids is 1. The molecule has 0 saturated carbocycles. The van der Waals surface area contributed by atoms with Gasteiger partial charge in [-0.15, -0.1) is 0 Å². The molecule has 18 heavy (non-hydrogen) atoms. The normalized spacial score (nSPS) is 10.7. The third-order valence-corrected chi connectivity index (χ3v) is 2.43. The molecule has 0 aliphatic carbocycles. The van der Waals surface area contributed by atoms with E-state index in [9.17, 15) is 4.79 Å². The predicted octanol–water partition coefficient (Wildman–Crippen LogP) is 1.51. The standard InChI is InChI=1S/C11H9N5O2/c1-6-12-11(18-16-6)13-10(17)9-7-4-2-3-5-8(7)14-15-9/h2-5H,1H3,(H,14,15)(H,12,13,16,17). The first kappa shape index (κ1) is 10.5. The van der Waals surface area contributed by atoms with Gasteiger partial charge in [-0.1, -0.05) is 23.4 Å². The molecule has 0 aliphatic heterocycles. The Balaban J connectivity index is 1.92. The molecule has 2 aromatic heterocycles. The lowest BCUT2D eigenvalue weighted by Crippen LogP contribution is -2.13. The van der Waals surface area contributed by atoms with Crippen molar-refractivity contribution in [3.05, 3.63) is 35.8 Å². The first-order valence-corrected chi connectivity index (χ1v) is 5.29. The SMILES string of the molecule is Cc1noc(NC(=O)c2n[nH]c3ccccc23)n1. The number of aromatic amines is 1. The highest BCUT2D eigenvalue weighted by molar-refractivity contribution is 6.10. The number of aromatic nitrogens is 4. The first-order chi connectivity index (χ1) is 8.74. The van der Waals surface area contributed by atoms with Crippen molar-refractivity contribution in [2.24, 2.45) is 0 Å². The van der Waals surface area contributed by atoms with E-state index in [4.69, 9.17) is 4.52 Å². The summed E-state index contributed by atoms with van der Waals surface area (Å²) in [4.78, 5) is 15.9. The second-order valence-corrected chi connectivity index (χ2v) is 3.72. The van der Waals surface area contributed by atoms with E-state index in [1.165, 1.54) is 0 Å². The predicted molar refractivity (Wildman–Crippen MR) is 63.1 cm³/mol. The number of H-pyrrole nitrogens is 1. The lowest BCUT2D eigenvalue weighted by Gasteiger charge is -1.96. The zero-order chi connectivity index (χ0) is 12.5. The zero-order valence-electron chi connectivity index (χ0n) is 9.47. The van der Waals surface area contributed by atoms with Crippen LogP contribution in [0, 0.1) is 6.92 Å². The van der Waals surface area contributed by atoms with Crippen LogP contribution in [-0.2, 0) is 0 Å². The minimum absolute atomic E-state index is 0.0598. The van der Waals surface area contributed by atoms with Crippen molar-refractivity contribution in [2.75, 3.05) is 5.32 Å². The molecule has 7 nitrogen and oxygen atoms in total. The minimum Gasteiger partial charge on any atom is -0.315 e. The molecule has 0 unspecified atom stereocenters. The van der Waals surface area contributed by atoms with Crippen molar-refractivity contribution >= 4 is 22.8 Å². The largest absolute Gasteiger partial charge is 0.328 e. The Kier molecular flexibility index (Phi) is 2.30. The van der Waals surface area contributed by atoms with E-state index in [1.54, 1.807) is 6.92 Å². The number of fused-ring (bicyclic) bond motifs is 1. The number of nitrogens with one attached hydrogen (secondary N) is 2. The molecule has 0 spiro atoms. The number of benzene rings is 1. The van der Waals surface area contributed by atoms with Gasteiger partial charge in [0.1, 0.15) is 0 Å². The van der Waals surface area contributed by atoms with Crippen LogP contribution in [0.3, 0.4) is 0 Å². The average molecular weight is 243 g/mol. The summed E-state index contributed by atoms with van der Waals surface area (Å²) in [5.41, 5.74) is 1.09. The van der Waals surface area contributed by atoms with Gasteiger partial charge in [-0.3, -0.25) is 15.2 Å². The molecule has 0 atom stereocenters. The smallest absolute Gasteiger partial charge is 0.315 e. The van der Waals surface area contributed by atoms with Crippen LogP contribution in [0.15, 0.2) is 28.8 Å². The number of hydrogen-bond donors (Lipinski definition) is 2. The van der Waals surface area contributed by atoms with Crippen molar-refractivity contribution < 1.29 is 9.32 Å². The van der Waals surface area contributed by atoms with Gasteiger partial charge >= 0.3 is 6.01 Å². The van der Waals surface area contributed by atoms with Crippen LogP contribution >= 0.6 is 0 Å². The fraction of sp³-hybridized carbons (Fsp3) is 0.0909. The molecule has 1 amide bonds. The third kappa shape index (κ3) is 1.71. The molecule has 0 bridgehead atoms. The maximum Gasteiger partial charge on any atom is 0.328 e. The van der Waals surface area contributed by atoms with Crippen molar-refractivity contribution in [1.82, 2.24) is 20.3 Å². The Bertz CT molecular complexity index is 715. The molecule has 2 N–H and O–H groups in total. The Labute approximate surface area is 101 Å². The Morgan fingerprint density at radius 2 is 2.22 bits per heavy atom. The van der Waals surface area contributed by atoms with E-state index in [2.05, 4.69) is 25.7 Å². The van der Waals surface area contributed by atoms with E-state index in [0.29, 0.717) is 11.5 Å². The second kappa shape index (κ2) is 3.95. The Hall–Kier alpha value is -2.70. The first-order valence-electron chi connectivity index (χ1n) is 5.29. The number of hydrogen-bond acceptors (Lipinski definition) is 5. The van der Waals surface area contributed by atoms with Gasteiger partial charge in [-0.2, -0.15) is 10.1 Å². The molecule has 3 rings (SSSR count). The summed E-state index contributed by atoms with van der Waals surface area (Å²) >= 11 is 0. The van der Waals surface area contributed by atoms with Gasteiger partial charge in [0.05, 0.1) is 5.52 Å². The van der Waals surface area contributed by atoms with Gasteiger partial charge in [-0.25, -0.2) is 0 Å². The summed E-state index contributed by atoms with van der Waals surface area (Å²) in [5.74, 6) is 0.0632. The van der Waals surface area contributed by atoms with E-state index >= 15 is 0 Å². The number of rotatable bonds is 2. The van der Waals surface area contributed by atoms with Crippen LogP contribution in [-0.4, -0.2) is 26.2 Å². The monoisotopic (exact) mass is 243 g/mol. The lowest BCUT2D eigenvalue weighted by atomic mass is 10.2. The van der Waals surface area contributed by atoms with Gasteiger partial charge in [0.25, 0.3) is 5.91 Å². The third-order valence-electron chi connectivity index (χ3n) is 2.43. The maximum atomic E-state index is 12.0. The summed E-state index contributed by atoms with van der Waals surface area (Å²) in [7, 11) is 0. The molecule has 0 aliphatic rings. The lowest BCUT2D eigenvalue weighted by molar-refractivity contribution is 0.102. The number of carbonyl (C=O) groups is 1. The topological polar surface area (TPSA) is 96.7 Å². The van der Waals surface area contributed by atoms with Crippen LogP contribution in [0.4, 0.5) is 6.01 Å². The highest BCUT2D eigenvalue weighted by Crippen LogP contribution is 2.16. The molecule has 0 saturated heterocycles. The van der Waals surface area contributed by atoms with E-state index in [-0.39, 0.29) is 6.01 Å². The molecule has 0 radical (unpaired) electrons. The van der Waals surface area contributed by atoms with Crippen molar-refractivity contribution in [1.29, 1.82) is 0 Å². The van der Waals surface area contributed by atoms with E-state index < -0.39 is 5.91 Å². The zero-order valence-corrected chi connectivity index (χ0v) is 9.47. The summed E-state index contributed by atoms with van der Waals surface area (Å²) in [6.07, 6.45) is 0. The van der Waals surface area contributed by atoms with Crippen molar-refractivity contribution in [2.45, 2.75) is 6.92 Å². The molecular formula is C11H9N5O2. The number of aryl methyl sites for hydroxylation is 1. The maximum absolute atomic E-state index is 12.0. The number of nitrogens with zero attached hydrogens (tertiary/aromatic N) is 3. The Morgan fingerprint density at radius 3 is 3.00 bits per heavy atom.